The Morgan fingerprint density at radius 3 is 1.41 bits per heavy atom. The second-order valence-corrected chi connectivity index (χ2v) is 12.9. The van der Waals surface area contributed by atoms with E-state index >= 15 is 0 Å². The molecule has 0 atom stereocenters. The van der Waals surface area contributed by atoms with Gasteiger partial charge in [0.2, 0.25) is 0 Å². The van der Waals surface area contributed by atoms with E-state index in [4.69, 9.17) is 9.47 Å². The van der Waals surface area contributed by atoms with E-state index in [1.165, 1.54) is 67.0 Å². The molecule has 4 nitrogen and oxygen atoms in total. The highest BCUT2D eigenvalue weighted by Crippen LogP contribution is 2.57. The van der Waals surface area contributed by atoms with Crippen molar-refractivity contribution in [1.82, 2.24) is 0 Å². The van der Waals surface area contributed by atoms with Crippen LogP contribution in [0, 0.1) is 0 Å². The van der Waals surface area contributed by atoms with Crippen LogP contribution in [-0.2, 0) is 24.9 Å². The van der Waals surface area contributed by atoms with E-state index in [9.17, 15) is 0 Å². The van der Waals surface area contributed by atoms with Crippen LogP contribution in [0.15, 0.2) is 133 Å². The Morgan fingerprint density at radius 2 is 0.935 bits per heavy atom. The Balaban J connectivity index is 1.23. The largest absolute Gasteiger partial charge is 0.473 e. The van der Waals surface area contributed by atoms with Crippen LogP contribution >= 0.6 is 0 Å². The van der Waals surface area contributed by atoms with Gasteiger partial charge in [-0.25, -0.2) is 0 Å². The van der Waals surface area contributed by atoms with Crippen molar-refractivity contribution in [2.75, 3.05) is 23.3 Å². The summed E-state index contributed by atoms with van der Waals surface area (Å²) in [4.78, 5) is 4.66. The van der Waals surface area contributed by atoms with Crippen LogP contribution in [0.4, 0.5) is 11.4 Å². The van der Waals surface area contributed by atoms with Gasteiger partial charge in [0, 0.05) is 35.6 Å². The predicted molar refractivity (Wildman–Crippen MR) is 183 cm³/mol. The second-order valence-electron chi connectivity index (χ2n) is 12.9. The molecule has 0 N–H and O–H groups in total. The number of nitrogens with zero attached hydrogens (tertiary/aromatic N) is 2. The van der Waals surface area contributed by atoms with Crippen molar-refractivity contribution in [2.45, 2.75) is 24.9 Å². The van der Waals surface area contributed by atoms with Gasteiger partial charge in [-0.05, 0) is 99.5 Å². The third-order valence-corrected chi connectivity index (χ3v) is 10.4. The van der Waals surface area contributed by atoms with Gasteiger partial charge in [0.15, 0.2) is 13.5 Å². The highest BCUT2D eigenvalue weighted by atomic mass is 16.5. The summed E-state index contributed by atoms with van der Waals surface area (Å²) in [6, 6.07) is 49.6. The third-order valence-electron chi connectivity index (χ3n) is 10.4. The number of hydrogen-bond acceptors (Lipinski definition) is 4. The van der Waals surface area contributed by atoms with E-state index in [2.05, 4.69) is 143 Å². The van der Waals surface area contributed by atoms with Gasteiger partial charge in [-0.1, -0.05) is 84.9 Å². The van der Waals surface area contributed by atoms with Crippen molar-refractivity contribution in [2.24, 2.45) is 0 Å². The zero-order valence-electron chi connectivity index (χ0n) is 25.4. The van der Waals surface area contributed by atoms with Gasteiger partial charge in [-0.3, -0.25) is 0 Å². The van der Waals surface area contributed by atoms with Crippen LogP contribution in [0.3, 0.4) is 0 Å². The summed E-state index contributed by atoms with van der Waals surface area (Å²) < 4.78 is 12.8. The first kappa shape index (κ1) is 25.8. The maximum Gasteiger partial charge on any atom is 0.161 e. The topological polar surface area (TPSA) is 24.9 Å². The molecule has 12 rings (SSSR count). The maximum atomic E-state index is 6.39. The summed E-state index contributed by atoms with van der Waals surface area (Å²) >= 11 is 0. The molecule has 0 fully saturated rings. The van der Waals surface area contributed by atoms with Gasteiger partial charge in [0.25, 0.3) is 0 Å². The molecule has 1 spiro atoms. The zero-order valence-corrected chi connectivity index (χ0v) is 25.4. The second kappa shape index (κ2) is 9.76. The lowest BCUT2D eigenvalue weighted by atomic mass is 9.67. The molecule has 5 heterocycles. The van der Waals surface area contributed by atoms with Crippen molar-refractivity contribution < 1.29 is 9.47 Å². The Bertz CT molecular complexity index is 2000. The molecular weight excluding hydrogens is 564 g/mol. The number of anilines is 2. The number of ether oxygens (including phenoxy) is 2. The maximum absolute atomic E-state index is 6.39. The minimum absolute atomic E-state index is 0.494. The van der Waals surface area contributed by atoms with Gasteiger partial charge in [-0.2, -0.15) is 0 Å². The first-order chi connectivity index (χ1) is 22.7. The van der Waals surface area contributed by atoms with E-state index < -0.39 is 5.41 Å². The van der Waals surface area contributed by atoms with E-state index in [0.717, 1.165) is 31.0 Å². The summed E-state index contributed by atoms with van der Waals surface area (Å²) in [5.41, 5.74) is 14.6. The summed E-state index contributed by atoms with van der Waals surface area (Å²) in [7, 11) is 0. The van der Waals surface area contributed by atoms with Crippen LogP contribution < -0.4 is 19.3 Å². The molecule has 6 aromatic rings. The number of benzene rings is 6. The standard InChI is InChI=1S/C42H32N2O2/c1-3-7-38-36(5-1)37-6-2-4-8-39(37)42(38)32-13-19-40-30(22-32)24-43(26-45-40)34-15-9-28(10-16-34)21-29-11-17-35(18-12-29)44-25-31-23-33(42)14-20-41(31)46-27-44/h1-20,22-23H,21,24-27H2. The monoisotopic (exact) mass is 596 g/mol. The van der Waals surface area contributed by atoms with Gasteiger partial charge >= 0.3 is 0 Å². The molecule has 0 unspecified atom stereocenters. The highest BCUT2D eigenvalue weighted by Gasteiger charge is 2.46. The van der Waals surface area contributed by atoms with Crippen LogP contribution in [0.1, 0.15) is 44.5 Å². The molecule has 0 saturated carbocycles. The van der Waals surface area contributed by atoms with E-state index in [-0.39, 0.29) is 0 Å². The molecule has 6 aliphatic rings. The fraction of sp³-hybridized carbons (Fsp3) is 0.143. The Labute approximate surface area is 269 Å². The Morgan fingerprint density at radius 1 is 0.478 bits per heavy atom. The molecule has 0 aromatic heterocycles. The fourth-order valence-electron chi connectivity index (χ4n) is 8.19. The molecule has 0 radical (unpaired) electrons. The molecular formula is C42H32N2O2. The number of rotatable bonds is 0. The predicted octanol–water partition coefficient (Wildman–Crippen LogP) is 8.67. The molecule has 5 aliphatic heterocycles. The van der Waals surface area contributed by atoms with Crippen molar-refractivity contribution in [3.05, 3.63) is 178 Å². The van der Waals surface area contributed by atoms with Gasteiger partial charge in [-0.15, -0.1) is 0 Å². The van der Waals surface area contributed by atoms with E-state index in [1.54, 1.807) is 0 Å². The van der Waals surface area contributed by atoms with Crippen LogP contribution in [0.2, 0.25) is 0 Å². The molecule has 0 saturated heterocycles. The zero-order chi connectivity index (χ0) is 30.2. The quantitative estimate of drug-likeness (QED) is 0.175. The number of fused-ring (bicyclic) bond motifs is 5. The van der Waals surface area contributed by atoms with E-state index in [1.807, 2.05) is 0 Å². The fourth-order valence-corrected chi connectivity index (χ4v) is 8.19. The summed E-state index contributed by atoms with van der Waals surface area (Å²) in [6.45, 7) is 2.64. The minimum Gasteiger partial charge on any atom is -0.473 e. The Hall–Kier alpha value is -5.48. The highest BCUT2D eigenvalue weighted by molar-refractivity contribution is 5.86. The first-order valence-corrected chi connectivity index (χ1v) is 16.1. The third kappa shape index (κ3) is 3.73. The summed E-state index contributed by atoms with van der Waals surface area (Å²) in [5, 5.41) is 0. The average Bonchev–Trinajstić information content (AvgIpc) is 3.42. The smallest absolute Gasteiger partial charge is 0.161 e. The SMILES string of the molecule is c1ccc2c(c1)-c1ccccc1C21c2ccc3c(c2)CN(CO3)c2ccc(cc2)Cc2ccc(cc2)N2COc3ccc1cc3C2. The lowest BCUT2D eigenvalue weighted by Gasteiger charge is -2.37. The van der Waals surface area contributed by atoms with Crippen molar-refractivity contribution in [1.29, 1.82) is 0 Å². The lowest BCUT2D eigenvalue weighted by Crippen LogP contribution is -2.34. The molecule has 222 valence electrons. The van der Waals surface area contributed by atoms with Gasteiger partial charge in [0.1, 0.15) is 11.5 Å². The summed E-state index contributed by atoms with van der Waals surface area (Å²) in [6.07, 6.45) is 0.900. The van der Waals surface area contributed by atoms with Crippen molar-refractivity contribution >= 4 is 11.4 Å². The molecule has 10 bridgehead atoms. The molecule has 4 heteroatoms. The summed E-state index contributed by atoms with van der Waals surface area (Å²) in [5.74, 6) is 1.93. The first-order valence-electron chi connectivity index (χ1n) is 16.1. The van der Waals surface area contributed by atoms with E-state index in [0.29, 0.717) is 13.5 Å². The average molecular weight is 597 g/mol. The number of hydrogen-bond donors (Lipinski definition) is 0. The minimum atomic E-state index is -0.494. The molecule has 1 aliphatic carbocycles. The molecule has 46 heavy (non-hydrogen) atoms. The Kier molecular flexibility index (Phi) is 5.47. The van der Waals surface area contributed by atoms with Crippen molar-refractivity contribution in [3.63, 3.8) is 0 Å². The van der Waals surface area contributed by atoms with Gasteiger partial charge in [0.05, 0.1) is 5.41 Å². The molecule has 0 amide bonds. The van der Waals surface area contributed by atoms with Crippen LogP contribution in [0.25, 0.3) is 11.1 Å². The normalized spacial score (nSPS) is 16.3. The van der Waals surface area contributed by atoms with Crippen LogP contribution in [0.5, 0.6) is 11.5 Å². The lowest BCUT2D eigenvalue weighted by molar-refractivity contribution is 0.289. The van der Waals surface area contributed by atoms with Crippen molar-refractivity contribution in [3.8, 4) is 22.6 Å². The van der Waals surface area contributed by atoms with Crippen LogP contribution in [-0.4, -0.2) is 13.5 Å². The molecule has 6 aromatic carbocycles. The van der Waals surface area contributed by atoms with Gasteiger partial charge < -0.3 is 19.3 Å².